The van der Waals surface area contributed by atoms with E-state index in [0.29, 0.717) is 5.57 Å². The van der Waals surface area contributed by atoms with E-state index in [1.54, 1.807) is 0 Å². The minimum Gasteiger partial charge on any atom is -0.318 e. The summed E-state index contributed by atoms with van der Waals surface area (Å²) in [6, 6.07) is 18.8. The van der Waals surface area contributed by atoms with Gasteiger partial charge in [-0.3, -0.25) is 0 Å². The maximum absolute atomic E-state index is 9.62. The summed E-state index contributed by atoms with van der Waals surface area (Å²) in [6.45, 7) is 8.46. The van der Waals surface area contributed by atoms with Crippen LogP contribution in [0.5, 0.6) is 0 Å². The molecule has 1 heterocycles. The van der Waals surface area contributed by atoms with Crippen molar-refractivity contribution in [3.8, 4) is 11.8 Å². The van der Waals surface area contributed by atoms with Crippen LogP contribution in [0.25, 0.3) is 17.3 Å². The summed E-state index contributed by atoms with van der Waals surface area (Å²) in [5, 5.41) is 9.62. The molecular weight excluding hydrogens is 384 g/mol. The smallest absolute Gasteiger partial charge is 0.0998 e. The zero-order chi connectivity index (χ0) is 18.8. The van der Waals surface area contributed by atoms with Gasteiger partial charge in [0.25, 0.3) is 0 Å². The Morgan fingerprint density at radius 2 is 1.65 bits per heavy atom. The topological polar surface area (TPSA) is 28.7 Å². The van der Waals surface area contributed by atoms with Gasteiger partial charge >= 0.3 is 0 Å². The molecule has 2 aromatic carbocycles. The molecule has 3 aromatic rings. The van der Waals surface area contributed by atoms with E-state index in [1.165, 1.54) is 11.1 Å². The average molecular weight is 405 g/mol. The molecule has 0 amide bonds. The molecule has 2 nitrogen and oxygen atoms in total. The SMILES string of the molecule is Cc1ccc(-n2c(C)cc(/C=C(\C#N)c3ccc(Br)cc3)c2C)cc1C. The van der Waals surface area contributed by atoms with Crippen LogP contribution in [0.3, 0.4) is 0 Å². The minimum absolute atomic E-state index is 0.665. The largest absolute Gasteiger partial charge is 0.318 e. The van der Waals surface area contributed by atoms with Gasteiger partial charge in [-0.15, -0.1) is 0 Å². The van der Waals surface area contributed by atoms with Crippen molar-refractivity contribution < 1.29 is 0 Å². The zero-order valence-electron chi connectivity index (χ0n) is 15.5. The van der Waals surface area contributed by atoms with Gasteiger partial charge in [-0.2, -0.15) is 5.26 Å². The van der Waals surface area contributed by atoms with Crippen LogP contribution >= 0.6 is 15.9 Å². The first-order chi connectivity index (χ1) is 12.4. The first-order valence-electron chi connectivity index (χ1n) is 8.55. The lowest BCUT2D eigenvalue weighted by atomic mass is 10.0. The van der Waals surface area contributed by atoms with Crippen molar-refractivity contribution in [2.45, 2.75) is 27.7 Å². The van der Waals surface area contributed by atoms with Crippen LogP contribution in [-0.4, -0.2) is 4.57 Å². The van der Waals surface area contributed by atoms with Crippen molar-refractivity contribution >= 4 is 27.6 Å². The number of hydrogen-bond donors (Lipinski definition) is 0. The third-order valence-electron chi connectivity index (χ3n) is 4.79. The van der Waals surface area contributed by atoms with Crippen LogP contribution in [-0.2, 0) is 0 Å². The summed E-state index contributed by atoms with van der Waals surface area (Å²) in [5.41, 5.74) is 8.67. The van der Waals surface area contributed by atoms with Crippen molar-refractivity contribution in [1.82, 2.24) is 4.57 Å². The molecule has 130 valence electrons. The minimum atomic E-state index is 0.665. The third-order valence-corrected chi connectivity index (χ3v) is 5.32. The summed E-state index contributed by atoms with van der Waals surface area (Å²) >= 11 is 3.44. The predicted octanol–water partition coefficient (Wildman–Crippen LogP) is 6.54. The number of rotatable bonds is 3. The third kappa shape index (κ3) is 3.52. The number of nitrogens with zero attached hydrogens (tertiary/aromatic N) is 2. The standard InChI is InChI=1S/C23H21BrN2/c1-15-5-10-23(11-16(15)2)26-17(3)12-20(18(26)4)13-21(14-25)19-6-8-22(24)9-7-19/h5-13H,1-4H3/b21-13+. The maximum atomic E-state index is 9.62. The van der Waals surface area contributed by atoms with Crippen molar-refractivity contribution in [2.75, 3.05) is 0 Å². The summed E-state index contributed by atoms with van der Waals surface area (Å²) in [5.74, 6) is 0. The second kappa shape index (κ2) is 7.35. The van der Waals surface area contributed by atoms with Gasteiger partial charge in [0.05, 0.1) is 11.6 Å². The molecule has 3 rings (SSSR count). The summed E-state index contributed by atoms with van der Waals surface area (Å²) in [6.07, 6.45) is 1.98. The van der Waals surface area contributed by atoms with Gasteiger partial charge in [0.15, 0.2) is 0 Å². The van der Waals surface area contributed by atoms with Crippen molar-refractivity contribution in [3.05, 3.63) is 86.6 Å². The van der Waals surface area contributed by atoms with Crippen molar-refractivity contribution in [1.29, 1.82) is 5.26 Å². The number of allylic oxidation sites excluding steroid dienone is 1. The van der Waals surface area contributed by atoms with Gasteiger partial charge < -0.3 is 4.57 Å². The van der Waals surface area contributed by atoms with E-state index in [0.717, 1.165) is 32.7 Å². The molecular formula is C23H21BrN2. The number of aryl methyl sites for hydroxylation is 3. The van der Waals surface area contributed by atoms with Gasteiger partial charge in [-0.1, -0.05) is 34.1 Å². The molecule has 0 saturated heterocycles. The van der Waals surface area contributed by atoms with E-state index in [2.05, 4.69) is 78.5 Å². The number of nitriles is 1. The van der Waals surface area contributed by atoms with Crippen LogP contribution in [0.2, 0.25) is 0 Å². The van der Waals surface area contributed by atoms with Crippen molar-refractivity contribution in [2.24, 2.45) is 0 Å². The lowest BCUT2D eigenvalue weighted by Crippen LogP contribution is -2.00. The lowest BCUT2D eigenvalue weighted by Gasteiger charge is -2.12. The molecule has 0 saturated carbocycles. The highest BCUT2D eigenvalue weighted by Gasteiger charge is 2.11. The first kappa shape index (κ1) is 18.2. The van der Waals surface area contributed by atoms with Gasteiger partial charge in [0, 0.05) is 21.5 Å². The fraction of sp³-hybridized carbons (Fsp3) is 0.174. The number of aromatic nitrogens is 1. The lowest BCUT2D eigenvalue weighted by molar-refractivity contribution is 0.961. The Balaban J connectivity index is 2.08. The van der Waals surface area contributed by atoms with Crippen LogP contribution in [0.4, 0.5) is 0 Å². The van der Waals surface area contributed by atoms with E-state index >= 15 is 0 Å². The quantitative estimate of drug-likeness (QED) is 0.455. The Kier molecular flexibility index (Phi) is 5.15. The molecule has 0 N–H and O–H groups in total. The van der Waals surface area contributed by atoms with E-state index in [1.807, 2.05) is 30.3 Å². The summed E-state index contributed by atoms with van der Waals surface area (Å²) in [4.78, 5) is 0. The molecule has 0 bridgehead atoms. The highest BCUT2D eigenvalue weighted by molar-refractivity contribution is 9.10. The van der Waals surface area contributed by atoms with Gasteiger partial charge in [0.2, 0.25) is 0 Å². The Hall–Kier alpha value is -2.57. The summed E-state index contributed by atoms with van der Waals surface area (Å²) < 4.78 is 3.25. The van der Waals surface area contributed by atoms with Crippen LogP contribution in [0.1, 0.15) is 33.6 Å². The zero-order valence-corrected chi connectivity index (χ0v) is 17.1. The van der Waals surface area contributed by atoms with Gasteiger partial charge in [-0.25, -0.2) is 0 Å². The average Bonchev–Trinajstić information content (AvgIpc) is 2.90. The Morgan fingerprint density at radius 3 is 2.27 bits per heavy atom. The number of hydrogen-bond acceptors (Lipinski definition) is 1. The van der Waals surface area contributed by atoms with Gasteiger partial charge in [0.1, 0.15) is 0 Å². The maximum Gasteiger partial charge on any atom is 0.0998 e. The Morgan fingerprint density at radius 1 is 0.962 bits per heavy atom. The van der Waals surface area contributed by atoms with Crippen LogP contribution in [0, 0.1) is 39.0 Å². The highest BCUT2D eigenvalue weighted by Crippen LogP contribution is 2.26. The van der Waals surface area contributed by atoms with Crippen LogP contribution < -0.4 is 0 Å². The van der Waals surface area contributed by atoms with Crippen molar-refractivity contribution in [3.63, 3.8) is 0 Å². The second-order valence-electron chi connectivity index (χ2n) is 6.61. The first-order valence-corrected chi connectivity index (χ1v) is 9.34. The molecule has 26 heavy (non-hydrogen) atoms. The van der Waals surface area contributed by atoms with Crippen LogP contribution in [0.15, 0.2) is 53.0 Å². The molecule has 0 unspecified atom stereocenters. The number of benzene rings is 2. The Bertz CT molecular complexity index is 1030. The summed E-state index contributed by atoms with van der Waals surface area (Å²) in [7, 11) is 0. The molecule has 0 aliphatic rings. The molecule has 0 aliphatic heterocycles. The Labute approximate surface area is 163 Å². The van der Waals surface area contributed by atoms with E-state index in [-0.39, 0.29) is 0 Å². The fourth-order valence-electron chi connectivity index (χ4n) is 3.16. The number of halogens is 1. The van der Waals surface area contributed by atoms with E-state index < -0.39 is 0 Å². The normalized spacial score (nSPS) is 11.5. The van der Waals surface area contributed by atoms with E-state index in [9.17, 15) is 5.26 Å². The molecule has 0 radical (unpaired) electrons. The molecule has 0 fully saturated rings. The highest BCUT2D eigenvalue weighted by atomic mass is 79.9. The molecule has 0 aliphatic carbocycles. The predicted molar refractivity (Wildman–Crippen MR) is 112 cm³/mol. The molecule has 1 aromatic heterocycles. The molecule has 0 atom stereocenters. The molecule has 3 heteroatoms. The van der Waals surface area contributed by atoms with E-state index in [4.69, 9.17) is 0 Å². The fourth-order valence-corrected chi connectivity index (χ4v) is 3.43. The van der Waals surface area contributed by atoms with Gasteiger partial charge in [-0.05, 0) is 86.4 Å². The monoisotopic (exact) mass is 404 g/mol. The molecule has 0 spiro atoms. The second-order valence-corrected chi connectivity index (χ2v) is 7.52.